The molecule has 3 heterocycles. The van der Waals surface area contributed by atoms with E-state index in [1.54, 1.807) is 0 Å². The van der Waals surface area contributed by atoms with Crippen LogP contribution in [0.1, 0.15) is 62.0 Å². The maximum absolute atomic E-state index is 5.89. The number of nitrogens with zero attached hydrogens (tertiary/aromatic N) is 5. The first-order chi connectivity index (χ1) is 12.3. The Hall–Kier alpha value is -2.22. The lowest BCUT2D eigenvalue weighted by atomic mass is 9.95. The summed E-state index contributed by atoms with van der Waals surface area (Å²) in [5.74, 6) is 2.26. The average Bonchev–Trinajstić information content (AvgIpc) is 3.32. The van der Waals surface area contributed by atoms with Gasteiger partial charge in [0.1, 0.15) is 12.1 Å². The van der Waals surface area contributed by atoms with E-state index in [-0.39, 0.29) is 0 Å². The van der Waals surface area contributed by atoms with Crippen molar-refractivity contribution in [2.24, 2.45) is 0 Å². The Labute approximate surface area is 147 Å². The third-order valence-corrected chi connectivity index (χ3v) is 5.15. The van der Waals surface area contributed by atoms with Gasteiger partial charge in [-0.25, -0.2) is 4.98 Å². The fourth-order valence-electron chi connectivity index (χ4n) is 3.78. The molecule has 2 fully saturated rings. The van der Waals surface area contributed by atoms with Gasteiger partial charge in [0, 0.05) is 24.6 Å². The van der Waals surface area contributed by atoms with Crippen molar-refractivity contribution in [3.05, 3.63) is 23.9 Å². The summed E-state index contributed by atoms with van der Waals surface area (Å²) < 4.78 is 7.66. The van der Waals surface area contributed by atoms with Crippen LogP contribution in [0.4, 0.5) is 11.8 Å². The zero-order valence-electron chi connectivity index (χ0n) is 14.4. The second-order valence-electron chi connectivity index (χ2n) is 6.90. The van der Waals surface area contributed by atoms with Gasteiger partial charge >= 0.3 is 0 Å². The summed E-state index contributed by atoms with van der Waals surface area (Å²) in [6.45, 7) is 2.06. The highest BCUT2D eigenvalue weighted by Gasteiger charge is 2.21. The number of rotatable bonds is 5. The van der Waals surface area contributed by atoms with E-state index in [0.717, 1.165) is 30.4 Å². The first kappa shape index (κ1) is 16.3. The molecule has 3 N–H and O–H groups in total. The molecule has 1 saturated heterocycles. The Morgan fingerprint density at radius 3 is 2.88 bits per heavy atom. The predicted molar refractivity (Wildman–Crippen MR) is 94.1 cm³/mol. The van der Waals surface area contributed by atoms with Crippen molar-refractivity contribution in [2.45, 2.75) is 57.0 Å². The third-order valence-electron chi connectivity index (χ3n) is 5.15. The van der Waals surface area contributed by atoms with Crippen LogP contribution in [0, 0.1) is 0 Å². The van der Waals surface area contributed by atoms with Crippen molar-refractivity contribution >= 4 is 11.8 Å². The van der Waals surface area contributed by atoms with E-state index in [1.165, 1.54) is 32.1 Å². The van der Waals surface area contributed by atoms with Gasteiger partial charge in [-0.1, -0.05) is 19.3 Å². The molecule has 0 bridgehead atoms. The van der Waals surface area contributed by atoms with Gasteiger partial charge in [-0.15, -0.1) is 10.2 Å². The number of nitrogens with one attached hydrogen (secondary N) is 1. The zero-order valence-corrected chi connectivity index (χ0v) is 14.4. The average molecular weight is 343 g/mol. The number of anilines is 2. The number of nitrogen functional groups attached to an aromatic ring is 1. The van der Waals surface area contributed by atoms with Gasteiger partial charge < -0.3 is 20.4 Å². The number of aromatic nitrogens is 5. The maximum atomic E-state index is 5.89. The molecule has 134 valence electrons. The van der Waals surface area contributed by atoms with Gasteiger partial charge in [0.15, 0.2) is 5.82 Å². The highest BCUT2D eigenvalue weighted by atomic mass is 16.5. The Morgan fingerprint density at radius 1 is 1.20 bits per heavy atom. The van der Waals surface area contributed by atoms with Gasteiger partial charge in [-0.05, 0) is 19.3 Å². The summed E-state index contributed by atoms with van der Waals surface area (Å²) >= 11 is 0. The Bertz CT molecular complexity index is 705. The molecule has 8 nitrogen and oxygen atoms in total. The molecule has 0 spiro atoms. The molecule has 0 amide bonds. The smallest absolute Gasteiger partial charge is 0.222 e. The minimum atomic E-state index is 0.292. The van der Waals surface area contributed by atoms with Crippen LogP contribution in [0.15, 0.2) is 12.4 Å². The normalized spacial score (nSPS) is 21.5. The largest absolute Gasteiger partial charge is 0.381 e. The number of nitrogens with two attached hydrogens (primary N) is 1. The predicted octanol–water partition coefficient (Wildman–Crippen LogP) is 2.27. The molecule has 1 atom stereocenters. The van der Waals surface area contributed by atoms with Crippen LogP contribution in [0.5, 0.6) is 0 Å². The van der Waals surface area contributed by atoms with Crippen LogP contribution >= 0.6 is 0 Å². The molecule has 0 radical (unpaired) electrons. The molecular formula is C17H25N7O. The van der Waals surface area contributed by atoms with Crippen molar-refractivity contribution < 1.29 is 4.74 Å². The van der Waals surface area contributed by atoms with E-state index in [9.17, 15) is 0 Å². The highest BCUT2D eigenvalue weighted by molar-refractivity contribution is 5.41. The SMILES string of the molecule is Nc1nc(NCc2nncn2C2CCCCC2)cc([C@@H]2CCOC2)n1. The van der Waals surface area contributed by atoms with Crippen LogP contribution in [0.3, 0.4) is 0 Å². The molecule has 2 aliphatic rings. The molecule has 25 heavy (non-hydrogen) atoms. The van der Waals surface area contributed by atoms with E-state index >= 15 is 0 Å². The van der Waals surface area contributed by atoms with Crippen LogP contribution in [0.25, 0.3) is 0 Å². The van der Waals surface area contributed by atoms with Gasteiger partial charge in [0.05, 0.1) is 18.8 Å². The second-order valence-corrected chi connectivity index (χ2v) is 6.90. The molecule has 1 aliphatic carbocycles. The van der Waals surface area contributed by atoms with Crippen molar-refractivity contribution in [3.8, 4) is 0 Å². The minimum Gasteiger partial charge on any atom is -0.381 e. The lowest BCUT2D eigenvalue weighted by molar-refractivity contribution is 0.193. The summed E-state index contributed by atoms with van der Waals surface area (Å²) in [6, 6.07) is 2.49. The van der Waals surface area contributed by atoms with E-state index in [4.69, 9.17) is 10.5 Å². The molecule has 0 aromatic carbocycles. The van der Waals surface area contributed by atoms with Crippen LogP contribution in [-0.4, -0.2) is 37.9 Å². The van der Waals surface area contributed by atoms with Gasteiger partial charge in [-0.3, -0.25) is 0 Å². The molecule has 2 aromatic heterocycles. The number of hydrogen-bond acceptors (Lipinski definition) is 7. The standard InChI is InChI=1S/C17H25N7O/c18-17-21-14(12-6-7-25-10-12)8-15(22-17)19-9-16-23-20-11-24(16)13-4-2-1-3-5-13/h8,11-13H,1-7,9-10H2,(H3,18,19,21,22)/t12-/m1/s1. The first-order valence-electron chi connectivity index (χ1n) is 9.14. The van der Waals surface area contributed by atoms with Gasteiger partial charge in [0.2, 0.25) is 5.95 Å². The molecule has 2 aromatic rings. The van der Waals surface area contributed by atoms with Crippen LogP contribution in [0.2, 0.25) is 0 Å². The van der Waals surface area contributed by atoms with Crippen LogP contribution < -0.4 is 11.1 Å². The fourth-order valence-corrected chi connectivity index (χ4v) is 3.78. The van der Waals surface area contributed by atoms with Gasteiger partial charge in [-0.2, -0.15) is 4.98 Å². The molecule has 8 heteroatoms. The maximum Gasteiger partial charge on any atom is 0.222 e. The Morgan fingerprint density at radius 2 is 2.08 bits per heavy atom. The van der Waals surface area contributed by atoms with Crippen molar-refractivity contribution in [1.29, 1.82) is 0 Å². The van der Waals surface area contributed by atoms with E-state index in [0.29, 0.717) is 31.1 Å². The summed E-state index contributed by atoms with van der Waals surface area (Å²) in [6.07, 6.45) is 9.14. The molecule has 4 rings (SSSR count). The summed E-state index contributed by atoms with van der Waals surface area (Å²) in [7, 11) is 0. The first-order valence-corrected chi connectivity index (χ1v) is 9.14. The topological polar surface area (TPSA) is 104 Å². The number of ether oxygens (including phenoxy) is 1. The van der Waals surface area contributed by atoms with Crippen molar-refractivity contribution in [3.63, 3.8) is 0 Å². The summed E-state index contributed by atoms with van der Waals surface area (Å²) in [5.41, 5.74) is 6.83. The Kier molecular flexibility index (Phi) is 4.78. The van der Waals surface area contributed by atoms with E-state index < -0.39 is 0 Å². The quantitative estimate of drug-likeness (QED) is 0.858. The monoisotopic (exact) mass is 343 g/mol. The second kappa shape index (κ2) is 7.35. The molecular weight excluding hydrogens is 318 g/mol. The fraction of sp³-hybridized carbons (Fsp3) is 0.647. The van der Waals surface area contributed by atoms with E-state index in [1.807, 2.05) is 12.4 Å². The third kappa shape index (κ3) is 3.73. The molecule has 1 saturated carbocycles. The highest BCUT2D eigenvalue weighted by Crippen LogP contribution is 2.29. The summed E-state index contributed by atoms with van der Waals surface area (Å²) in [4.78, 5) is 8.67. The van der Waals surface area contributed by atoms with Crippen molar-refractivity contribution in [1.82, 2.24) is 24.7 Å². The minimum absolute atomic E-state index is 0.292. The molecule has 1 aliphatic heterocycles. The molecule has 0 unspecified atom stereocenters. The van der Waals surface area contributed by atoms with Crippen molar-refractivity contribution in [2.75, 3.05) is 24.3 Å². The lowest BCUT2D eigenvalue weighted by Crippen LogP contribution is -2.17. The lowest BCUT2D eigenvalue weighted by Gasteiger charge is -2.24. The zero-order chi connectivity index (χ0) is 17.1. The van der Waals surface area contributed by atoms with Gasteiger partial charge in [0.25, 0.3) is 0 Å². The van der Waals surface area contributed by atoms with Crippen LogP contribution in [-0.2, 0) is 11.3 Å². The Balaban J connectivity index is 1.45. The number of hydrogen-bond donors (Lipinski definition) is 2. The summed E-state index contributed by atoms with van der Waals surface area (Å²) in [5, 5.41) is 11.7. The van der Waals surface area contributed by atoms with E-state index in [2.05, 4.69) is 30.0 Å².